The van der Waals surface area contributed by atoms with Gasteiger partial charge in [-0.2, -0.15) is 4.98 Å². The highest BCUT2D eigenvalue weighted by Crippen LogP contribution is 2.33. The minimum Gasteiger partial charge on any atom is -0.388 e. The summed E-state index contributed by atoms with van der Waals surface area (Å²) in [6.07, 6.45) is 3.35. The summed E-state index contributed by atoms with van der Waals surface area (Å²) < 4.78 is 0. The number of nitrogens with zero attached hydrogens (tertiary/aromatic N) is 3. The molecule has 2 aliphatic heterocycles. The van der Waals surface area contributed by atoms with Crippen molar-refractivity contribution in [3.63, 3.8) is 0 Å². The van der Waals surface area contributed by atoms with Gasteiger partial charge in [-0.1, -0.05) is 30.3 Å². The topological polar surface area (TPSA) is 87.3 Å². The lowest BCUT2D eigenvalue weighted by Crippen LogP contribution is -2.37. The molecule has 4 rings (SSSR count). The second-order valence-corrected chi connectivity index (χ2v) is 7.26. The van der Waals surface area contributed by atoms with Crippen LogP contribution >= 0.6 is 0 Å². The van der Waals surface area contributed by atoms with Crippen LogP contribution in [0.15, 0.2) is 30.3 Å². The predicted octanol–water partition coefficient (Wildman–Crippen LogP) is 1.70. The molecule has 4 N–H and O–H groups in total. The van der Waals surface area contributed by atoms with Gasteiger partial charge >= 0.3 is 0 Å². The molecule has 1 fully saturated rings. The normalized spacial score (nSPS) is 19.7. The first-order valence-corrected chi connectivity index (χ1v) is 9.56. The summed E-state index contributed by atoms with van der Waals surface area (Å²) in [6, 6.07) is 9.98. The molecule has 1 unspecified atom stereocenters. The van der Waals surface area contributed by atoms with E-state index in [1.54, 1.807) is 0 Å². The Labute approximate surface area is 154 Å². The van der Waals surface area contributed by atoms with E-state index in [4.69, 9.17) is 5.73 Å². The molecule has 2 aliphatic rings. The number of hydrogen-bond donors (Lipinski definition) is 3. The number of rotatable bonds is 3. The third-order valence-corrected chi connectivity index (χ3v) is 5.61. The number of aliphatic hydroxyl groups excluding tert-OH is 1. The van der Waals surface area contributed by atoms with Crippen LogP contribution in [0.2, 0.25) is 0 Å². The fourth-order valence-electron chi connectivity index (χ4n) is 4.15. The van der Waals surface area contributed by atoms with Crippen molar-refractivity contribution < 1.29 is 5.11 Å². The van der Waals surface area contributed by atoms with Crippen molar-refractivity contribution in [2.24, 2.45) is 5.92 Å². The second-order valence-electron chi connectivity index (χ2n) is 7.26. The summed E-state index contributed by atoms with van der Waals surface area (Å²) in [4.78, 5) is 11.4. The van der Waals surface area contributed by atoms with E-state index >= 15 is 0 Å². The van der Waals surface area contributed by atoms with E-state index in [1.165, 1.54) is 5.56 Å². The van der Waals surface area contributed by atoms with Gasteiger partial charge in [0.05, 0.1) is 11.8 Å². The van der Waals surface area contributed by atoms with Gasteiger partial charge in [-0.15, -0.1) is 0 Å². The molecule has 1 atom stereocenters. The van der Waals surface area contributed by atoms with Gasteiger partial charge in [0.25, 0.3) is 0 Å². The standard InChI is InChI=1S/C20H27N5O/c21-20-23-17-7-11-22-10-6-16(17)19(24-20)25-12-8-15(9-13-25)18(26)14-4-2-1-3-5-14/h1-5,15,18,22,26H,6-13H2,(H2,21,23,24). The fraction of sp³-hybridized carbons (Fsp3) is 0.500. The van der Waals surface area contributed by atoms with E-state index in [-0.39, 0.29) is 5.92 Å². The number of benzene rings is 1. The highest BCUT2D eigenvalue weighted by molar-refractivity contribution is 5.53. The molecule has 0 saturated carbocycles. The third-order valence-electron chi connectivity index (χ3n) is 5.61. The van der Waals surface area contributed by atoms with E-state index in [1.807, 2.05) is 30.3 Å². The van der Waals surface area contributed by atoms with Crippen molar-refractivity contribution in [1.29, 1.82) is 0 Å². The monoisotopic (exact) mass is 353 g/mol. The van der Waals surface area contributed by atoms with Crippen LogP contribution in [0.4, 0.5) is 11.8 Å². The van der Waals surface area contributed by atoms with E-state index in [9.17, 15) is 5.11 Å². The van der Waals surface area contributed by atoms with E-state index in [2.05, 4.69) is 20.2 Å². The Hall–Kier alpha value is -2.18. The molecule has 138 valence electrons. The maximum atomic E-state index is 10.7. The second kappa shape index (κ2) is 7.60. The van der Waals surface area contributed by atoms with Gasteiger partial charge in [-0.25, -0.2) is 4.98 Å². The summed E-state index contributed by atoms with van der Waals surface area (Å²) in [5.74, 6) is 1.66. The first kappa shape index (κ1) is 17.2. The Morgan fingerprint density at radius 1 is 1.08 bits per heavy atom. The van der Waals surface area contributed by atoms with Crippen LogP contribution in [0.1, 0.15) is 35.8 Å². The van der Waals surface area contributed by atoms with Crippen molar-refractivity contribution in [2.45, 2.75) is 31.8 Å². The molecule has 26 heavy (non-hydrogen) atoms. The predicted molar refractivity (Wildman–Crippen MR) is 103 cm³/mol. The number of aliphatic hydroxyl groups is 1. The van der Waals surface area contributed by atoms with E-state index < -0.39 is 6.10 Å². The first-order valence-electron chi connectivity index (χ1n) is 9.56. The summed E-state index contributed by atoms with van der Waals surface area (Å²) in [5.41, 5.74) is 9.32. The summed E-state index contributed by atoms with van der Waals surface area (Å²) in [5, 5.41) is 14.1. The molecule has 0 radical (unpaired) electrons. The molecule has 3 heterocycles. The first-order chi connectivity index (χ1) is 12.7. The number of aromatic nitrogens is 2. The lowest BCUT2D eigenvalue weighted by Gasteiger charge is -2.36. The van der Waals surface area contributed by atoms with Crippen molar-refractivity contribution in [2.75, 3.05) is 36.8 Å². The zero-order chi connectivity index (χ0) is 17.9. The Kier molecular flexibility index (Phi) is 5.04. The maximum Gasteiger partial charge on any atom is 0.222 e. The van der Waals surface area contributed by atoms with Crippen LogP contribution < -0.4 is 16.0 Å². The molecule has 1 aromatic carbocycles. The van der Waals surface area contributed by atoms with Gasteiger partial charge in [-0.05, 0) is 37.3 Å². The van der Waals surface area contributed by atoms with Crippen molar-refractivity contribution in [1.82, 2.24) is 15.3 Å². The Morgan fingerprint density at radius 2 is 1.81 bits per heavy atom. The Morgan fingerprint density at radius 3 is 2.58 bits per heavy atom. The van der Waals surface area contributed by atoms with Gasteiger partial charge in [-0.3, -0.25) is 0 Å². The molecule has 6 heteroatoms. The molecule has 0 bridgehead atoms. The fourth-order valence-corrected chi connectivity index (χ4v) is 4.15. The summed E-state index contributed by atoms with van der Waals surface area (Å²) >= 11 is 0. The average Bonchev–Trinajstić information content (AvgIpc) is 2.93. The van der Waals surface area contributed by atoms with Gasteiger partial charge in [0.1, 0.15) is 5.82 Å². The number of piperidine rings is 1. The Bertz CT molecular complexity index is 743. The van der Waals surface area contributed by atoms with Gasteiger partial charge in [0.2, 0.25) is 5.95 Å². The van der Waals surface area contributed by atoms with Gasteiger partial charge in [0, 0.05) is 31.6 Å². The molecule has 0 spiro atoms. The number of anilines is 2. The van der Waals surface area contributed by atoms with Crippen LogP contribution in [0.5, 0.6) is 0 Å². The molecular formula is C20H27N5O. The van der Waals surface area contributed by atoms with E-state index in [0.717, 1.165) is 68.9 Å². The molecule has 1 aromatic heterocycles. The van der Waals surface area contributed by atoms with Crippen LogP contribution in [-0.4, -0.2) is 41.3 Å². The molecular weight excluding hydrogens is 326 g/mol. The number of nitrogen functional groups attached to an aromatic ring is 1. The zero-order valence-electron chi connectivity index (χ0n) is 15.1. The number of hydrogen-bond acceptors (Lipinski definition) is 6. The number of nitrogens with two attached hydrogens (primary N) is 1. The van der Waals surface area contributed by atoms with Crippen molar-refractivity contribution in [3.8, 4) is 0 Å². The molecule has 2 aromatic rings. The van der Waals surface area contributed by atoms with Crippen molar-refractivity contribution >= 4 is 11.8 Å². The Balaban J connectivity index is 1.49. The van der Waals surface area contributed by atoms with Crippen LogP contribution in [0, 0.1) is 5.92 Å². The minimum atomic E-state index is -0.393. The molecule has 6 nitrogen and oxygen atoms in total. The van der Waals surface area contributed by atoms with Gasteiger partial charge in [0.15, 0.2) is 0 Å². The summed E-state index contributed by atoms with van der Waals surface area (Å²) in [7, 11) is 0. The van der Waals surface area contributed by atoms with Crippen LogP contribution in [0.3, 0.4) is 0 Å². The average molecular weight is 353 g/mol. The van der Waals surface area contributed by atoms with Gasteiger partial charge < -0.3 is 21.1 Å². The summed E-state index contributed by atoms with van der Waals surface area (Å²) in [6.45, 7) is 3.68. The molecule has 1 saturated heterocycles. The molecule has 0 aliphatic carbocycles. The number of nitrogens with one attached hydrogen (secondary N) is 1. The largest absolute Gasteiger partial charge is 0.388 e. The van der Waals surface area contributed by atoms with Crippen LogP contribution in [0.25, 0.3) is 0 Å². The van der Waals surface area contributed by atoms with Crippen molar-refractivity contribution in [3.05, 3.63) is 47.2 Å². The lowest BCUT2D eigenvalue weighted by atomic mass is 9.87. The van der Waals surface area contributed by atoms with E-state index in [0.29, 0.717) is 5.95 Å². The number of fused-ring (bicyclic) bond motifs is 1. The van der Waals surface area contributed by atoms with Crippen LogP contribution in [-0.2, 0) is 12.8 Å². The highest BCUT2D eigenvalue weighted by Gasteiger charge is 2.29. The molecule has 0 amide bonds. The zero-order valence-corrected chi connectivity index (χ0v) is 15.1. The smallest absolute Gasteiger partial charge is 0.222 e. The lowest BCUT2D eigenvalue weighted by molar-refractivity contribution is 0.0928. The quantitative estimate of drug-likeness (QED) is 0.778. The maximum absolute atomic E-state index is 10.7. The minimum absolute atomic E-state index is 0.285. The highest BCUT2D eigenvalue weighted by atomic mass is 16.3. The SMILES string of the molecule is Nc1nc2c(c(N3CCC(C(O)c4ccccc4)CC3)n1)CCNCC2. The third kappa shape index (κ3) is 3.52.